The van der Waals surface area contributed by atoms with Crippen LogP contribution in [0.4, 0.5) is 0 Å². The Balaban J connectivity index is 2.03. The van der Waals surface area contributed by atoms with Crippen molar-refractivity contribution >= 4 is 23.6 Å². The molecule has 0 aromatic carbocycles. The summed E-state index contributed by atoms with van der Waals surface area (Å²) in [7, 11) is 0. The van der Waals surface area contributed by atoms with Crippen molar-refractivity contribution in [3.05, 3.63) is 0 Å². The number of amides is 2. The Labute approximate surface area is 105 Å². The van der Waals surface area contributed by atoms with Crippen molar-refractivity contribution in [3.8, 4) is 0 Å². The maximum absolute atomic E-state index is 12.0. The van der Waals surface area contributed by atoms with Gasteiger partial charge in [-0.15, -0.1) is 11.8 Å². The van der Waals surface area contributed by atoms with Crippen LogP contribution in [0.2, 0.25) is 0 Å². The Kier molecular flexibility index (Phi) is 3.36. The standard InChI is InChI=1S/C11H18N2O3S/c1-7(14)5-12-10(16)8-6-17-11(2)4-3-9(15)13(8)11/h7-8,14H,3-6H2,1-2H3,(H,12,16). The second-order valence-corrected chi connectivity index (χ2v) is 6.36. The van der Waals surface area contributed by atoms with E-state index in [1.807, 2.05) is 6.92 Å². The lowest BCUT2D eigenvalue weighted by Gasteiger charge is -2.29. The number of carbonyl (C=O) groups excluding carboxylic acids is 2. The number of rotatable bonds is 3. The lowest BCUT2D eigenvalue weighted by molar-refractivity contribution is -0.138. The summed E-state index contributed by atoms with van der Waals surface area (Å²) in [5, 5.41) is 11.8. The zero-order valence-electron chi connectivity index (χ0n) is 10.1. The fourth-order valence-corrected chi connectivity index (χ4v) is 3.81. The molecule has 5 nitrogen and oxygen atoms in total. The minimum absolute atomic E-state index is 0.0645. The first-order valence-corrected chi connectivity index (χ1v) is 6.84. The zero-order valence-corrected chi connectivity index (χ0v) is 10.9. The molecular formula is C11H18N2O3S. The van der Waals surface area contributed by atoms with Gasteiger partial charge >= 0.3 is 0 Å². The van der Waals surface area contributed by atoms with Crippen LogP contribution in [-0.4, -0.2) is 51.1 Å². The van der Waals surface area contributed by atoms with Crippen molar-refractivity contribution in [2.45, 2.75) is 43.7 Å². The van der Waals surface area contributed by atoms with Gasteiger partial charge in [0.1, 0.15) is 6.04 Å². The van der Waals surface area contributed by atoms with Gasteiger partial charge in [0.05, 0.1) is 11.0 Å². The summed E-state index contributed by atoms with van der Waals surface area (Å²) in [6.45, 7) is 3.87. The molecule has 2 fully saturated rings. The van der Waals surface area contributed by atoms with E-state index in [9.17, 15) is 9.59 Å². The molecule has 0 bridgehead atoms. The zero-order chi connectivity index (χ0) is 12.6. The maximum Gasteiger partial charge on any atom is 0.243 e. The van der Waals surface area contributed by atoms with Gasteiger partial charge in [0.25, 0.3) is 0 Å². The molecular weight excluding hydrogens is 240 g/mol. The summed E-state index contributed by atoms with van der Waals surface area (Å²) in [6.07, 6.45) is 0.786. The first-order chi connectivity index (χ1) is 7.94. The molecule has 0 aromatic heterocycles. The van der Waals surface area contributed by atoms with Crippen LogP contribution in [-0.2, 0) is 9.59 Å². The number of nitrogens with zero attached hydrogens (tertiary/aromatic N) is 1. The molecule has 0 aromatic rings. The highest BCUT2D eigenvalue weighted by atomic mass is 32.2. The number of thioether (sulfide) groups is 1. The molecule has 2 saturated heterocycles. The lowest BCUT2D eigenvalue weighted by Crippen LogP contribution is -2.50. The van der Waals surface area contributed by atoms with E-state index < -0.39 is 6.10 Å². The Bertz CT molecular complexity index is 348. The quantitative estimate of drug-likeness (QED) is 0.744. The Morgan fingerprint density at radius 1 is 1.76 bits per heavy atom. The average molecular weight is 258 g/mol. The highest BCUT2D eigenvalue weighted by molar-refractivity contribution is 8.01. The second-order valence-electron chi connectivity index (χ2n) is 4.86. The van der Waals surface area contributed by atoms with Crippen molar-refractivity contribution < 1.29 is 14.7 Å². The van der Waals surface area contributed by atoms with Crippen molar-refractivity contribution in [1.82, 2.24) is 10.2 Å². The fraction of sp³-hybridized carbons (Fsp3) is 0.818. The first kappa shape index (κ1) is 12.7. The minimum atomic E-state index is -0.561. The molecule has 6 heteroatoms. The highest BCUT2D eigenvalue weighted by Crippen LogP contribution is 2.47. The van der Waals surface area contributed by atoms with Crippen LogP contribution in [0.3, 0.4) is 0 Å². The van der Waals surface area contributed by atoms with E-state index in [0.29, 0.717) is 12.2 Å². The number of hydrogen-bond donors (Lipinski definition) is 2. The minimum Gasteiger partial charge on any atom is -0.392 e. The Morgan fingerprint density at radius 3 is 3.12 bits per heavy atom. The monoisotopic (exact) mass is 258 g/mol. The molecule has 0 radical (unpaired) electrons. The van der Waals surface area contributed by atoms with E-state index in [1.165, 1.54) is 0 Å². The summed E-state index contributed by atoms with van der Waals surface area (Å²) < 4.78 is 0. The van der Waals surface area contributed by atoms with Crippen LogP contribution >= 0.6 is 11.8 Å². The van der Waals surface area contributed by atoms with Gasteiger partial charge in [0, 0.05) is 18.7 Å². The fourth-order valence-electron chi connectivity index (χ4n) is 2.38. The SMILES string of the molecule is CC(O)CNC(=O)C1CSC2(C)CCC(=O)N12. The third-order valence-corrected chi connectivity index (χ3v) is 4.82. The largest absolute Gasteiger partial charge is 0.392 e. The second kappa shape index (κ2) is 4.49. The smallest absolute Gasteiger partial charge is 0.243 e. The number of fused-ring (bicyclic) bond motifs is 1. The van der Waals surface area contributed by atoms with E-state index in [4.69, 9.17) is 5.11 Å². The normalized spacial score (nSPS) is 33.7. The molecule has 2 amide bonds. The van der Waals surface area contributed by atoms with Crippen molar-refractivity contribution in [2.24, 2.45) is 0 Å². The third-order valence-electron chi connectivity index (χ3n) is 3.32. The molecule has 2 N–H and O–H groups in total. The molecule has 3 atom stereocenters. The van der Waals surface area contributed by atoms with Gasteiger partial charge < -0.3 is 15.3 Å². The molecule has 17 heavy (non-hydrogen) atoms. The molecule has 96 valence electrons. The highest BCUT2D eigenvalue weighted by Gasteiger charge is 2.52. The molecule has 0 saturated carbocycles. The molecule has 2 aliphatic rings. The van der Waals surface area contributed by atoms with Crippen LogP contribution in [0.15, 0.2) is 0 Å². The van der Waals surface area contributed by atoms with Gasteiger partial charge in [-0.1, -0.05) is 0 Å². The number of hydrogen-bond acceptors (Lipinski definition) is 4. The van der Waals surface area contributed by atoms with Gasteiger partial charge in [-0.3, -0.25) is 9.59 Å². The van der Waals surface area contributed by atoms with E-state index in [1.54, 1.807) is 23.6 Å². The Hall–Kier alpha value is -0.750. The molecule has 0 aliphatic carbocycles. The third kappa shape index (κ3) is 2.28. The van der Waals surface area contributed by atoms with Crippen LogP contribution in [0.1, 0.15) is 26.7 Å². The first-order valence-electron chi connectivity index (χ1n) is 5.86. The molecule has 3 unspecified atom stereocenters. The van der Waals surface area contributed by atoms with Gasteiger partial charge in [-0.05, 0) is 20.3 Å². The number of carbonyl (C=O) groups is 2. The number of nitrogens with one attached hydrogen (secondary N) is 1. The summed E-state index contributed by atoms with van der Waals surface area (Å²) >= 11 is 1.67. The number of aliphatic hydroxyl groups is 1. The predicted molar refractivity (Wildman–Crippen MR) is 65.4 cm³/mol. The average Bonchev–Trinajstić information content (AvgIpc) is 2.73. The van der Waals surface area contributed by atoms with Crippen LogP contribution in [0.25, 0.3) is 0 Å². The van der Waals surface area contributed by atoms with Gasteiger partial charge in [0.15, 0.2) is 0 Å². The molecule has 2 rings (SSSR count). The maximum atomic E-state index is 12.0. The van der Waals surface area contributed by atoms with Crippen molar-refractivity contribution in [3.63, 3.8) is 0 Å². The predicted octanol–water partition coefficient (Wildman–Crippen LogP) is -0.0626. The van der Waals surface area contributed by atoms with Gasteiger partial charge in [0.2, 0.25) is 11.8 Å². The van der Waals surface area contributed by atoms with Crippen LogP contribution in [0, 0.1) is 0 Å². The summed E-state index contributed by atoms with van der Waals surface area (Å²) in [5.41, 5.74) is 0. The van der Waals surface area contributed by atoms with E-state index in [0.717, 1.165) is 6.42 Å². The van der Waals surface area contributed by atoms with Crippen molar-refractivity contribution in [2.75, 3.05) is 12.3 Å². The van der Waals surface area contributed by atoms with E-state index >= 15 is 0 Å². The van der Waals surface area contributed by atoms with E-state index in [2.05, 4.69) is 5.32 Å². The summed E-state index contributed by atoms with van der Waals surface area (Å²) in [5.74, 6) is 0.556. The van der Waals surface area contributed by atoms with Crippen LogP contribution in [0.5, 0.6) is 0 Å². The molecule has 2 aliphatic heterocycles. The topological polar surface area (TPSA) is 69.6 Å². The summed E-state index contributed by atoms with van der Waals surface area (Å²) in [4.78, 5) is 25.3. The van der Waals surface area contributed by atoms with Gasteiger partial charge in [-0.2, -0.15) is 0 Å². The summed E-state index contributed by atoms with van der Waals surface area (Å²) in [6, 6.07) is -0.376. The van der Waals surface area contributed by atoms with Crippen LogP contribution < -0.4 is 5.32 Å². The van der Waals surface area contributed by atoms with Gasteiger partial charge in [-0.25, -0.2) is 0 Å². The lowest BCUT2D eigenvalue weighted by atomic mass is 10.2. The van der Waals surface area contributed by atoms with Crippen molar-refractivity contribution in [1.29, 1.82) is 0 Å². The molecule has 0 spiro atoms. The van der Waals surface area contributed by atoms with E-state index in [-0.39, 0.29) is 29.3 Å². The molecule has 2 heterocycles. The number of aliphatic hydroxyl groups excluding tert-OH is 1. The Morgan fingerprint density at radius 2 is 2.47 bits per heavy atom.